The Bertz CT molecular complexity index is 533. The Balaban J connectivity index is 1.34. The molecule has 4 bridgehead atoms. The first-order valence-corrected chi connectivity index (χ1v) is 9.62. The molecule has 0 aliphatic heterocycles. The summed E-state index contributed by atoms with van der Waals surface area (Å²) in [6.07, 6.45) is 8.78. The van der Waals surface area contributed by atoms with Crippen molar-refractivity contribution in [1.29, 1.82) is 0 Å². The first-order chi connectivity index (χ1) is 11.1. The zero-order chi connectivity index (χ0) is 15.9. The molecule has 1 aromatic carbocycles. The monoisotopic (exact) mass is 328 g/mol. The number of rotatable bonds is 4. The van der Waals surface area contributed by atoms with E-state index in [9.17, 15) is 0 Å². The zero-order valence-electron chi connectivity index (χ0n) is 14.1. The maximum Gasteiger partial charge on any atom is 0.166 e. The van der Waals surface area contributed by atoms with E-state index >= 15 is 0 Å². The van der Waals surface area contributed by atoms with Gasteiger partial charge in [0.25, 0.3) is 0 Å². The third kappa shape index (κ3) is 3.13. The van der Waals surface area contributed by atoms with Crippen LogP contribution >= 0.6 is 12.2 Å². The molecule has 4 fully saturated rings. The van der Waals surface area contributed by atoms with Gasteiger partial charge in [0.15, 0.2) is 5.11 Å². The molecule has 5 rings (SSSR count). The summed E-state index contributed by atoms with van der Waals surface area (Å²) in [5, 5.41) is 7.83. The van der Waals surface area contributed by atoms with Crippen LogP contribution in [0.5, 0.6) is 0 Å². The van der Waals surface area contributed by atoms with Gasteiger partial charge >= 0.3 is 0 Å². The van der Waals surface area contributed by atoms with Gasteiger partial charge in [-0.2, -0.15) is 0 Å². The van der Waals surface area contributed by atoms with Gasteiger partial charge in [0, 0.05) is 12.6 Å². The highest BCUT2D eigenvalue weighted by Crippen LogP contribution is 2.61. The van der Waals surface area contributed by atoms with Crippen molar-refractivity contribution >= 4 is 17.3 Å². The highest BCUT2D eigenvalue weighted by Gasteiger charge is 2.53. The lowest BCUT2D eigenvalue weighted by Crippen LogP contribution is -2.57. The Hall–Kier alpha value is -1.09. The van der Waals surface area contributed by atoms with Gasteiger partial charge in [-0.15, -0.1) is 0 Å². The molecule has 1 atom stereocenters. The molecule has 3 heteroatoms. The molecular weight excluding hydrogens is 300 g/mol. The number of hydrogen-bond acceptors (Lipinski definition) is 1. The van der Waals surface area contributed by atoms with Crippen molar-refractivity contribution in [3.8, 4) is 0 Å². The number of nitrogens with one attached hydrogen (secondary N) is 2. The van der Waals surface area contributed by atoms with Crippen LogP contribution < -0.4 is 10.6 Å². The minimum absolute atomic E-state index is 0.492. The second-order valence-electron chi connectivity index (χ2n) is 8.31. The quantitative estimate of drug-likeness (QED) is 0.808. The molecule has 1 aromatic rings. The van der Waals surface area contributed by atoms with Crippen LogP contribution in [0, 0.1) is 23.2 Å². The minimum Gasteiger partial charge on any atom is -0.360 e. The van der Waals surface area contributed by atoms with Gasteiger partial charge in [0.05, 0.1) is 0 Å². The predicted molar refractivity (Wildman–Crippen MR) is 99.1 cm³/mol. The highest BCUT2D eigenvalue weighted by molar-refractivity contribution is 7.80. The lowest BCUT2D eigenvalue weighted by Gasteiger charge is -2.59. The van der Waals surface area contributed by atoms with E-state index in [4.69, 9.17) is 12.2 Å². The van der Waals surface area contributed by atoms with Crippen LogP contribution in [0.15, 0.2) is 30.3 Å². The van der Waals surface area contributed by atoms with Gasteiger partial charge in [0.1, 0.15) is 0 Å². The van der Waals surface area contributed by atoms with Gasteiger partial charge in [-0.05, 0) is 86.4 Å². The molecule has 4 aliphatic rings. The lowest BCUT2D eigenvalue weighted by atomic mass is 9.48. The van der Waals surface area contributed by atoms with Crippen molar-refractivity contribution in [3.63, 3.8) is 0 Å². The van der Waals surface area contributed by atoms with E-state index in [1.807, 2.05) is 0 Å². The summed E-state index contributed by atoms with van der Waals surface area (Å²) in [4.78, 5) is 0. The summed E-state index contributed by atoms with van der Waals surface area (Å²) in [6, 6.07) is 11.0. The molecule has 23 heavy (non-hydrogen) atoms. The first kappa shape index (κ1) is 15.4. The molecule has 0 unspecified atom stereocenters. The van der Waals surface area contributed by atoms with Crippen LogP contribution in [0.4, 0.5) is 0 Å². The fourth-order valence-corrected chi connectivity index (χ4v) is 6.14. The molecule has 0 radical (unpaired) electrons. The van der Waals surface area contributed by atoms with Crippen LogP contribution in [0.2, 0.25) is 0 Å². The third-order valence-corrected chi connectivity index (χ3v) is 6.91. The summed E-state index contributed by atoms with van der Waals surface area (Å²) in [5.74, 6) is 2.99. The van der Waals surface area contributed by atoms with Crippen LogP contribution in [-0.2, 0) is 6.54 Å². The SMILES string of the molecule is C[C@@H](NC(=S)NCc1ccccc1)C12CC3CC(CC(C3)C1)C2. The van der Waals surface area contributed by atoms with E-state index in [0.717, 1.165) is 29.4 Å². The van der Waals surface area contributed by atoms with Crippen LogP contribution in [-0.4, -0.2) is 11.2 Å². The summed E-state index contributed by atoms with van der Waals surface area (Å²) in [6.45, 7) is 3.17. The van der Waals surface area contributed by atoms with Gasteiger partial charge in [0.2, 0.25) is 0 Å². The zero-order valence-corrected chi connectivity index (χ0v) is 14.9. The summed E-state index contributed by atoms with van der Waals surface area (Å²) in [7, 11) is 0. The van der Waals surface area contributed by atoms with Gasteiger partial charge in [-0.3, -0.25) is 0 Å². The standard InChI is InChI=1S/C20H28N2S/c1-14(22-19(23)21-13-15-5-3-2-4-6-15)20-10-16-7-17(11-20)9-18(8-16)12-20/h2-6,14,16-18H,7-13H2,1H3,(H2,21,22,23)/t14-,16?,17?,18?,20?/m1/s1. The van der Waals surface area contributed by atoms with E-state index < -0.39 is 0 Å². The van der Waals surface area contributed by atoms with E-state index in [1.165, 1.54) is 44.1 Å². The van der Waals surface area contributed by atoms with E-state index in [1.54, 1.807) is 0 Å². The summed E-state index contributed by atoms with van der Waals surface area (Å²) < 4.78 is 0. The fourth-order valence-electron chi connectivity index (χ4n) is 5.89. The molecule has 0 amide bonds. The van der Waals surface area contributed by atoms with E-state index in [-0.39, 0.29) is 0 Å². The van der Waals surface area contributed by atoms with Crippen molar-refractivity contribution in [1.82, 2.24) is 10.6 Å². The van der Waals surface area contributed by atoms with Gasteiger partial charge in [-0.25, -0.2) is 0 Å². The maximum absolute atomic E-state index is 5.56. The van der Waals surface area contributed by atoms with Gasteiger partial charge < -0.3 is 10.6 Å². The number of hydrogen-bond donors (Lipinski definition) is 2. The third-order valence-electron chi connectivity index (χ3n) is 6.65. The highest BCUT2D eigenvalue weighted by atomic mass is 32.1. The average Bonchev–Trinajstić information content (AvgIpc) is 2.52. The van der Waals surface area contributed by atoms with Crippen LogP contribution in [0.25, 0.3) is 0 Å². The average molecular weight is 329 g/mol. The lowest BCUT2D eigenvalue weighted by molar-refractivity contribution is -0.0672. The molecule has 0 spiro atoms. The Morgan fingerprint density at radius 1 is 1.09 bits per heavy atom. The Labute approximate surface area is 145 Å². The molecular formula is C20H28N2S. The normalized spacial score (nSPS) is 35.8. The Morgan fingerprint density at radius 3 is 2.22 bits per heavy atom. The summed E-state index contributed by atoms with van der Waals surface area (Å²) in [5.41, 5.74) is 1.78. The molecule has 2 nitrogen and oxygen atoms in total. The van der Waals surface area contributed by atoms with Crippen molar-refractivity contribution < 1.29 is 0 Å². The molecule has 0 aromatic heterocycles. The van der Waals surface area contributed by atoms with Crippen molar-refractivity contribution in [2.45, 2.75) is 58.0 Å². The maximum atomic E-state index is 5.56. The van der Waals surface area contributed by atoms with E-state index in [2.05, 4.69) is 47.9 Å². The number of thiocarbonyl (C=S) groups is 1. The van der Waals surface area contributed by atoms with Crippen molar-refractivity contribution in [2.75, 3.05) is 0 Å². The van der Waals surface area contributed by atoms with Gasteiger partial charge in [-0.1, -0.05) is 30.3 Å². The van der Waals surface area contributed by atoms with Crippen LogP contribution in [0.3, 0.4) is 0 Å². The minimum atomic E-state index is 0.492. The summed E-state index contributed by atoms with van der Waals surface area (Å²) >= 11 is 5.56. The Kier molecular flexibility index (Phi) is 4.08. The van der Waals surface area contributed by atoms with Crippen molar-refractivity contribution in [3.05, 3.63) is 35.9 Å². The second kappa shape index (κ2) is 6.08. The second-order valence-corrected chi connectivity index (χ2v) is 8.72. The van der Waals surface area contributed by atoms with Crippen LogP contribution in [0.1, 0.15) is 51.0 Å². The smallest absolute Gasteiger partial charge is 0.166 e. The molecule has 4 aliphatic carbocycles. The largest absolute Gasteiger partial charge is 0.360 e. The molecule has 2 N–H and O–H groups in total. The van der Waals surface area contributed by atoms with E-state index in [0.29, 0.717) is 11.5 Å². The fraction of sp³-hybridized carbons (Fsp3) is 0.650. The molecule has 4 saturated carbocycles. The molecule has 124 valence electrons. The first-order valence-electron chi connectivity index (χ1n) is 9.21. The molecule has 0 heterocycles. The topological polar surface area (TPSA) is 24.1 Å². The molecule has 0 saturated heterocycles. The Morgan fingerprint density at radius 2 is 1.65 bits per heavy atom. The number of benzene rings is 1. The van der Waals surface area contributed by atoms with Crippen molar-refractivity contribution in [2.24, 2.45) is 23.2 Å². The predicted octanol–water partition coefficient (Wildman–Crippen LogP) is 4.26.